The number of likely N-dealkylation sites (tertiary alicyclic amines) is 1. The second kappa shape index (κ2) is 13.6. The molecule has 4 rings (SSSR count). The SMILES string of the molecule is Nc1nc(N)c(C(=O)NC2CCC[N+](CCCc3ccccc3)(CCCc3ccccc3)C2)nc1Cl.[Cl-]. The van der Waals surface area contributed by atoms with E-state index < -0.39 is 0 Å². The Labute approximate surface area is 230 Å². The van der Waals surface area contributed by atoms with Crippen molar-refractivity contribution >= 4 is 29.1 Å². The molecular weight excluding hydrogens is 507 g/mol. The molecular formula is C28H36Cl2N6O. The quantitative estimate of drug-likeness (QED) is 0.334. The van der Waals surface area contributed by atoms with Crippen LogP contribution in [0.1, 0.15) is 47.3 Å². The minimum absolute atomic E-state index is 0. The van der Waals surface area contributed by atoms with E-state index in [2.05, 4.69) is 75.9 Å². The third kappa shape index (κ3) is 8.06. The van der Waals surface area contributed by atoms with Gasteiger partial charge in [-0.25, -0.2) is 9.97 Å². The summed E-state index contributed by atoms with van der Waals surface area (Å²) in [5, 5.41) is 3.15. The van der Waals surface area contributed by atoms with Crippen molar-refractivity contribution in [3.8, 4) is 0 Å². The number of hydrogen-bond donors (Lipinski definition) is 3. The molecule has 7 nitrogen and oxygen atoms in total. The van der Waals surface area contributed by atoms with E-state index in [9.17, 15) is 4.79 Å². The number of nitrogen functional groups attached to an aromatic ring is 2. The van der Waals surface area contributed by atoms with Gasteiger partial charge >= 0.3 is 0 Å². The lowest BCUT2D eigenvalue weighted by Gasteiger charge is -2.45. The summed E-state index contributed by atoms with van der Waals surface area (Å²) in [6.07, 6.45) is 6.34. The van der Waals surface area contributed by atoms with Crippen molar-refractivity contribution in [2.24, 2.45) is 0 Å². The number of rotatable bonds is 10. The highest BCUT2D eigenvalue weighted by atomic mass is 35.5. The molecule has 1 saturated heterocycles. The summed E-state index contributed by atoms with van der Waals surface area (Å²) < 4.78 is 1.01. The maximum Gasteiger partial charge on any atom is 0.274 e. The third-order valence-corrected chi connectivity index (χ3v) is 7.41. The number of amides is 1. The fourth-order valence-corrected chi connectivity index (χ4v) is 5.47. The Hall–Kier alpha value is -2.87. The number of quaternary nitrogens is 1. The smallest absolute Gasteiger partial charge is 0.274 e. The van der Waals surface area contributed by atoms with Gasteiger partial charge in [-0.05, 0) is 36.8 Å². The number of hydrogen-bond acceptors (Lipinski definition) is 5. The standard InChI is InChI=1S/C28H35ClN6O.ClH/c29-25-27(31)34-26(30)24(33-25)28(36)32-23-16-9-19-35(20-23,17-7-14-21-10-3-1-4-11-21)18-8-15-22-12-5-2-6-13-22;/h1-6,10-13,23H,7-9,14-20H2,(H4-,30,31,32,34,36);1H. The molecule has 1 unspecified atom stereocenters. The number of aromatic nitrogens is 2. The summed E-state index contributed by atoms with van der Waals surface area (Å²) in [6, 6.07) is 21.4. The van der Waals surface area contributed by atoms with Gasteiger partial charge < -0.3 is 33.7 Å². The van der Waals surface area contributed by atoms with Crippen molar-refractivity contribution in [2.75, 3.05) is 37.6 Å². The number of halogens is 2. The number of anilines is 2. The molecule has 0 radical (unpaired) electrons. The first-order valence-electron chi connectivity index (χ1n) is 12.8. The van der Waals surface area contributed by atoms with E-state index in [0.29, 0.717) is 0 Å². The zero-order chi connectivity index (χ0) is 25.4. The first-order chi connectivity index (χ1) is 17.4. The van der Waals surface area contributed by atoms with Gasteiger partial charge in [0.15, 0.2) is 22.5 Å². The average molecular weight is 544 g/mol. The predicted octanol–water partition coefficient (Wildman–Crippen LogP) is 1.27. The highest BCUT2D eigenvalue weighted by molar-refractivity contribution is 6.31. The van der Waals surface area contributed by atoms with Gasteiger partial charge in [0.25, 0.3) is 5.91 Å². The maximum absolute atomic E-state index is 13.0. The molecule has 198 valence electrons. The Morgan fingerprint density at radius 2 is 1.49 bits per heavy atom. The molecule has 0 aliphatic carbocycles. The monoisotopic (exact) mass is 542 g/mol. The molecule has 2 heterocycles. The number of nitrogens with two attached hydrogens (primary N) is 2. The fourth-order valence-electron chi connectivity index (χ4n) is 5.35. The zero-order valence-electron chi connectivity index (χ0n) is 21.1. The van der Waals surface area contributed by atoms with Gasteiger partial charge in [0.1, 0.15) is 0 Å². The number of piperidine rings is 1. The Morgan fingerprint density at radius 1 is 0.919 bits per heavy atom. The van der Waals surface area contributed by atoms with E-state index in [-0.39, 0.29) is 46.8 Å². The number of aryl methyl sites for hydroxylation is 2. The van der Waals surface area contributed by atoms with Crippen LogP contribution in [0, 0.1) is 0 Å². The molecule has 9 heteroatoms. The van der Waals surface area contributed by atoms with Crippen LogP contribution in [0.3, 0.4) is 0 Å². The van der Waals surface area contributed by atoms with Crippen LogP contribution < -0.4 is 29.2 Å². The van der Waals surface area contributed by atoms with Crippen LogP contribution >= 0.6 is 11.6 Å². The Kier molecular flexibility index (Phi) is 10.6. The predicted molar refractivity (Wildman–Crippen MR) is 146 cm³/mol. The molecule has 1 aliphatic rings. The van der Waals surface area contributed by atoms with Crippen molar-refractivity contribution in [1.29, 1.82) is 0 Å². The topological polar surface area (TPSA) is 107 Å². The van der Waals surface area contributed by atoms with Gasteiger partial charge in [0.2, 0.25) is 0 Å². The van der Waals surface area contributed by atoms with E-state index in [1.807, 2.05) is 0 Å². The van der Waals surface area contributed by atoms with Gasteiger partial charge in [0.05, 0.1) is 32.2 Å². The molecule has 5 N–H and O–H groups in total. The van der Waals surface area contributed by atoms with Gasteiger partial charge in [-0.15, -0.1) is 0 Å². The Balaban J connectivity index is 0.00000380. The molecule has 1 amide bonds. The second-order valence-corrected chi connectivity index (χ2v) is 10.2. The number of nitrogens with zero attached hydrogens (tertiary/aromatic N) is 3. The summed E-state index contributed by atoms with van der Waals surface area (Å²) in [6.45, 7) is 4.20. The van der Waals surface area contributed by atoms with Gasteiger partial charge in [0, 0.05) is 12.8 Å². The molecule has 0 bridgehead atoms. The van der Waals surface area contributed by atoms with E-state index >= 15 is 0 Å². The van der Waals surface area contributed by atoms with E-state index in [4.69, 9.17) is 23.1 Å². The van der Waals surface area contributed by atoms with Gasteiger partial charge in [-0.3, -0.25) is 4.79 Å². The molecule has 2 aromatic carbocycles. The molecule has 37 heavy (non-hydrogen) atoms. The molecule has 3 aromatic rings. The minimum Gasteiger partial charge on any atom is -1.00 e. The number of benzene rings is 2. The van der Waals surface area contributed by atoms with E-state index in [1.54, 1.807) is 0 Å². The summed E-state index contributed by atoms with van der Waals surface area (Å²) >= 11 is 6.00. The van der Waals surface area contributed by atoms with Crippen molar-refractivity contribution in [3.05, 3.63) is 82.6 Å². The molecule has 1 atom stereocenters. The van der Waals surface area contributed by atoms with Crippen LogP contribution in [0.25, 0.3) is 0 Å². The van der Waals surface area contributed by atoms with Crippen molar-refractivity contribution in [2.45, 2.75) is 44.6 Å². The first kappa shape index (κ1) is 28.7. The first-order valence-corrected chi connectivity index (χ1v) is 13.1. The van der Waals surface area contributed by atoms with E-state index in [1.165, 1.54) is 11.1 Å². The Morgan fingerprint density at radius 3 is 2.05 bits per heavy atom. The normalized spacial score (nSPS) is 16.5. The second-order valence-electron chi connectivity index (χ2n) is 9.82. The van der Waals surface area contributed by atoms with Crippen LogP contribution in [0.5, 0.6) is 0 Å². The number of carbonyl (C=O) groups excluding carboxylic acids is 1. The lowest BCUT2D eigenvalue weighted by Crippen LogP contribution is -3.00. The highest BCUT2D eigenvalue weighted by Gasteiger charge is 2.35. The largest absolute Gasteiger partial charge is 1.00 e. The molecule has 1 aliphatic heterocycles. The lowest BCUT2D eigenvalue weighted by molar-refractivity contribution is -0.933. The number of carbonyl (C=O) groups is 1. The van der Waals surface area contributed by atoms with Crippen LogP contribution in [-0.2, 0) is 12.8 Å². The van der Waals surface area contributed by atoms with Crippen LogP contribution in [0.4, 0.5) is 11.6 Å². The van der Waals surface area contributed by atoms with Gasteiger partial charge in [-0.1, -0.05) is 72.3 Å². The van der Waals surface area contributed by atoms with Crippen LogP contribution in [0.2, 0.25) is 5.15 Å². The van der Waals surface area contributed by atoms with Crippen molar-refractivity contribution in [1.82, 2.24) is 15.3 Å². The van der Waals surface area contributed by atoms with Crippen molar-refractivity contribution in [3.63, 3.8) is 0 Å². The number of nitrogens with one attached hydrogen (secondary N) is 1. The summed E-state index contributed by atoms with van der Waals surface area (Å²) in [5.41, 5.74) is 14.4. The van der Waals surface area contributed by atoms with Crippen LogP contribution in [-0.4, -0.2) is 52.6 Å². The molecule has 0 spiro atoms. The van der Waals surface area contributed by atoms with Gasteiger partial charge in [-0.2, -0.15) is 0 Å². The maximum atomic E-state index is 13.0. The fraction of sp³-hybridized carbons (Fsp3) is 0.393. The lowest BCUT2D eigenvalue weighted by atomic mass is 9.99. The highest BCUT2D eigenvalue weighted by Crippen LogP contribution is 2.24. The molecule has 1 fully saturated rings. The van der Waals surface area contributed by atoms with Crippen LogP contribution in [0.15, 0.2) is 60.7 Å². The summed E-state index contributed by atoms with van der Waals surface area (Å²) in [7, 11) is 0. The Bertz CT molecular complexity index is 1100. The summed E-state index contributed by atoms with van der Waals surface area (Å²) in [4.78, 5) is 21.0. The molecule has 0 saturated carbocycles. The summed E-state index contributed by atoms with van der Waals surface area (Å²) in [5.74, 6) is -0.326. The van der Waals surface area contributed by atoms with Crippen molar-refractivity contribution < 1.29 is 21.7 Å². The van der Waals surface area contributed by atoms with E-state index in [0.717, 1.165) is 69.2 Å². The average Bonchev–Trinajstić information content (AvgIpc) is 2.88. The zero-order valence-corrected chi connectivity index (χ0v) is 22.6. The molecule has 1 aromatic heterocycles. The minimum atomic E-state index is -0.347. The third-order valence-electron chi connectivity index (χ3n) is 7.13.